The monoisotopic (exact) mass is 554 g/mol. The molecule has 0 spiro atoms. The number of carbonyl (C=O) groups excluding carboxylic acids is 3. The van der Waals surface area contributed by atoms with E-state index in [2.05, 4.69) is 16.0 Å². The molecule has 0 radical (unpaired) electrons. The number of urea groups is 1. The van der Waals surface area contributed by atoms with Gasteiger partial charge >= 0.3 is 18.1 Å². The second-order valence-corrected chi connectivity index (χ2v) is 10.9. The Morgan fingerprint density at radius 1 is 1.02 bits per heavy atom. The summed E-state index contributed by atoms with van der Waals surface area (Å²) in [6, 6.07) is 10.8. The van der Waals surface area contributed by atoms with Crippen LogP contribution in [0.2, 0.25) is 0 Å². The molecule has 4 amide bonds. The summed E-state index contributed by atoms with van der Waals surface area (Å²) in [7, 11) is 0. The Bertz CT molecular complexity index is 1270. The van der Waals surface area contributed by atoms with Crippen LogP contribution in [0.3, 0.4) is 0 Å². The number of hydrogen-bond donors (Lipinski definition) is 4. The van der Waals surface area contributed by atoms with E-state index >= 15 is 0 Å². The molecule has 10 nitrogen and oxygen atoms in total. The summed E-state index contributed by atoms with van der Waals surface area (Å²) in [5.41, 5.74) is 1.32. The van der Waals surface area contributed by atoms with Gasteiger partial charge in [-0.05, 0) is 87.3 Å². The summed E-state index contributed by atoms with van der Waals surface area (Å²) in [4.78, 5) is 50.3. The summed E-state index contributed by atoms with van der Waals surface area (Å²) < 4.78 is 19.5. The van der Waals surface area contributed by atoms with Gasteiger partial charge in [-0.15, -0.1) is 0 Å². The van der Waals surface area contributed by atoms with Gasteiger partial charge in [-0.1, -0.05) is 18.2 Å². The number of carbonyl (C=O) groups is 4. The second kappa shape index (κ2) is 12.4. The number of fused-ring (bicyclic) bond motifs is 1. The fourth-order valence-corrected chi connectivity index (χ4v) is 5.02. The first-order chi connectivity index (χ1) is 19.0. The average molecular weight is 555 g/mol. The van der Waals surface area contributed by atoms with Crippen LogP contribution in [-0.2, 0) is 27.3 Å². The van der Waals surface area contributed by atoms with E-state index in [1.165, 1.54) is 26.0 Å². The van der Waals surface area contributed by atoms with Crippen LogP contribution in [0.4, 0.5) is 25.4 Å². The van der Waals surface area contributed by atoms with Crippen molar-refractivity contribution < 1.29 is 33.4 Å². The van der Waals surface area contributed by atoms with E-state index in [1.807, 2.05) is 12.1 Å². The van der Waals surface area contributed by atoms with Gasteiger partial charge in [0.05, 0.1) is 5.69 Å². The first kappa shape index (κ1) is 28.8. The molecular formula is C29H35FN4O6. The van der Waals surface area contributed by atoms with E-state index in [1.54, 1.807) is 23.1 Å². The minimum atomic E-state index is -1.31. The molecule has 11 heteroatoms. The van der Waals surface area contributed by atoms with E-state index in [0.29, 0.717) is 38.0 Å². The quantitative estimate of drug-likeness (QED) is 0.385. The van der Waals surface area contributed by atoms with Gasteiger partial charge in [0.25, 0.3) is 0 Å². The zero-order valence-electron chi connectivity index (χ0n) is 22.7. The second-order valence-electron chi connectivity index (χ2n) is 10.9. The van der Waals surface area contributed by atoms with Crippen LogP contribution in [0.5, 0.6) is 0 Å². The lowest BCUT2D eigenvalue weighted by Gasteiger charge is -2.33. The van der Waals surface area contributed by atoms with E-state index in [0.717, 1.165) is 24.0 Å². The van der Waals surface area contributed by atoms with Gasteiger partial charge in [-0.3, -0.25) is 4.79 Å². The van der Waals surface area contributed by atoms with Crippen molar-refractivity contribution in [1.29, 1.82) is 0 Å². The van der Waals surface area contributed by atoms with Gasteiger partial charge in [0, 0.05) is 25.2 Å². The molecule has 1 heterocycles. The van der Waals surface area contributed by atoms with Crippen molar-refractivity contribution in [1.82, 2.24) is 10.2 Å². The number of aliphatic carboxylic acids is 1. The van der Waals surface area contributed by atoms with Crippen molar-refractivity contribution in [3.63, 3.8) is 0 Å². The van der Waals surface area contributed by atoms with Crippen molar-refractivity contribution in [2.75, 3.05) is 17.2 Å². The van der Waals surface area contributed by atoms with Crippen molar-refractivity contribution in [2.24, 2.45) is 5.92 Å². The summed E-state index contributed by atoms with van der Waals surface area (Å²) in [6.45, 7) is 3.77. The summed E-state index contributed by atoms with van der Waals surface area (Å²) in [6.07, 6.45) is 3.01. The molecule has 0 aromatic heterocycles. The third-order valence-corrected chi connectivity index (χ3v) is 7.38. The largest absolute Gasteiger partial charge is 0.480 e. The summed E-state index contributed by atoms with van der Waals surface area (Å²) in [5.74, 6) is -1.77. The number of carboxylic acids is 1. The Hall–Kier alpha value is -4.15. The Morgan fingerprint density at radius 3 is 2.45 bits per heavy atom. The predicted octanol–water partition coefficient (Wildman–Crippen LogP) is 4.89. The standard InChI is InChI=1S/C29H35FN4O6/c1-29(2,26(36)37)33-25(35)15-18-7-11-22(12-8-18)40-28(39)34-14-13-19-16-21(10-9-20(19)17-34)31-27(38)32-24-6-4-3-5-23(24)30/h3-6,9-10,16,18,22H,7-8,11-15,17H2,1-2H3,(H,33,35)(H,36,37)(H2,31,32,38). The molecule has 1 aliphatic heterocycles. The maximum atomic E-state index is 13.8. The lowest BCUT2D eigenvalue weighted by atomic mass is 9.85. The third-order valence-electron chi connectivity index (χ3n) is 7.38. The number of nitrogens with zero attached hydrogens (tertiary/aromatic N) is 1. The Balaban J connectivity index is 1.22. The number of nitrogens with one attached hydrogen (secondary N) is 3. The molecule has 2 aromatic carbocycles. The zero-order valence-corrected chi connectivity index (χ0v) is 22.7. The maximum absolute atomic E-state index is 13.8. The van der Waals surface area contributed by atoms with Crippen molar-refractivity contribution >= 4 is 35.4 Å². The zero-order chi connectivity index (χ0) is 28.9. The van der Waals surface area contributed by atoms with Crippen molar-refractivity contribution in [3.8, 4) is 0 Å². The van der Waals surface area contributed by atoms with Crippen LogP contribution in [0.25, 0.3) is 0 Å². The van der Waals surface area contributed by atoms with Gasteiger partial charge in [0.15, 0.2) is 0 Å². The molecule has 214 valence electrons. The van der Waals surface area contributed by atoms with Gasteiger partial charge in [-0.25, -0.2) is 18.8 Å². The summed E-state index contributed by atoms with van der Waals surface area (Å²) in [5, 5.41) is 16.9. The number of halogens is 1. The molecule has 0 atom stereocenters. The molecule has 4 N–H and O–H groups in total. The van der Waals surface area contributed by atoms with E-state index in [-0.39, 0.29) is 36.1 Å². The fraction of sp³-hybridized carbons (Fsp3) is 0.448. The number of para-hydroxylation sites is 1. The smallest absolute Gasteiger partial charge is 0.410 e. The van der Waals surface area contributed by atoms with Gasteiger partial charge in [-0.2, -0.15) is 0 Å². The van der Waals surface area contributed by atoms with Crippen LogP contribution in [0.1, 0.15) is 57.1 Å². The minimum absolute atomic E-state index is 0.0888. The normalized spacial score (nSPS) is 18.7. The van der Waals surface area contributed by atoms with E-state index in [4.69, 9.17) is 4.74 Å². The summed E-state index contributed by atoms with van der Waals surface area (Å²) >= 11 is 0. The molecular weight excluding hydrogens is 519 g/mol. The number of ether oxygens (including phenoxy) is 1. The van der Waals surface area contributed by atoms with Crippen molar-refractivity contribution in [2.45, 2.75) is 70.6 Å². The molecule has 1 saturated carbocycles. The first-order valence-electron chi connectivity index (χ1n) is 13.4. The Morgan fingerprint density at radius 2 is 1.75 bits per heavy atom. The number of hydrogen-bond acceptors (Lipinski definition) is 5. The molecule has 2 aliphatic rings. The highest BCUT2D eigenvalue weighted by atomic mass is 19.1. The van der Waals surface area contributed by atoms with Gasteiger partial charge in [0.1, 0.15) is 17.5 Å². The van der Waals surface area contributed by atoms with Crippen LogP contribution < -0.4 is 16.0 Å². The number of benzene rings is 2. The number of amides is 4. The van der Waals surface area contributed by atoms with E-state index < -0.39 is 23.4 Å². The first-order valence-corrected chi connectivity index (χ1v) is 13.4. The molecule has 2 aromatic rings. The predicted molar refractivity (Wildman–Crippen MR) is 146 cm³/mol. The lowest BCUT2D eigenvalue weighted by Crippen LogP contribution is -2.50. The highest BCUT2D eigenvalue weighted by molar-refractivity contribution is 5.99. The van der Waals surface area contributed by atoms with Crippen LogP contribution in [-0.4, -0.2) is 52.2 Å². The number of carboxylic acid groups (broad SMARTS) is 1. The molecule has 4 rings (SSSR count). The third kappa shape index (κ3) is 7.49. The van der Waals surface area contributed by atoms with Gasteiger partial charge < -0.3 is 30.7 Å². The highest BCUT2D eigenvalue weighted by Gasteiger charge is 2.32. The SMILES string of the molecule is CC(C)(NC(=O)CC1CCC(OC(=O)N2CCc3cc(NC(=O)Nc4ccccc4F)ccc3C2)CC1)C(=O)O. The fourth-order valence-electron chi connectivity index (χ4n) is 5.02. The highest BCUT2D eigenvalue weighted by Crippen LogP contribution is 2.30. The Kier molecular flexibility index (Phi) is 8.91. The van der Waals surface area contributed by atoms with Gasteiger partial charge in [0.2, 0.25) is 5.91 Å². The van der Waals surface area contributed by atoms with Crippen LogP contribution in [0.15, 0.2) is 42.5 Å². The molecule has 1 aliphatic carbocycles. The lowest BCUT2D eigenvalue weighted by molar-refractivity contribution is -0.146. The average Bonchev–Trinajstić information content (AvgIpc) is 2.90. The molecule has 0 saturated heterocycles. The number of rotatable bonds is 7. The molecule has 40 heavy (non-hydrogen) atoms. The van der Waals surface area contributed by atoms with Crippen LogP contribution >= 0.6 is 0 Å². The Labute approximate surface area is 232 Å². The maximum Gasteiger partial charge on any atom is 0.410 e. The van der Waals surface area contributed by atoms with Crippen LogP contribution in [0, 0.1) is 11.7 Å². The van der Waals surface area contributed by atoms with Crippen molar-refractivity contribution in [3.05, 3.63) is 59.4 Å². The molecule has 0 bridgehead atoms. The minimum Gasteiger partial charge on any atom is -0.480 e. The topological polar surface area (TPSA) is 137 Å². The number of anilines is 2. The molecule has 0 unspecified atom stereocenters. The van der Waals surface area contributed by atoms with E-state index in [9.17, 15) is 28.7 Å². The molecule has 1 fully saturated rings.